The maximum absolute atomic E-state index is 11.6. The Morgan fingerprint density at radius 2 is 1.75 bits per heavy atom. The molecule has 4 atom stereocenters. The van der Waals surface area contributed by atoms with Crippen molar-refractivity contribution in [1.82, 2.24) is 0 Å². The number of rotatable bonds is 0. The molecule has 3 aliphatic rings. The molecule has 2 bridgehead atoms. The van der Waals surface area contributed by atoms with Crippen LogP contribution in [0.1, 0.15) is 25.7 Å². The molecule has 3 fully saturated rings. The van der Waals surface area contributed by atoms with E-state index in [0.717, 1.165) is 25.7 Å². The fraction of sp³-hybridized carbons (Fsp3) is 0.800. The van der Waals surface area contributed by atoms with Gasteiger partial charge in [-0.2, -0.15) is 0 Å². The number of hydrogen-bond acceptors (Lipinski definition) is 2. The average molecular weight is 164 g/mol. The summed E-state index contributed by atoms with van der Waals surface area (Å²) in [4.78, 5) is 23.0. The predicted octanol–water partition coefficient (Wildman–Crippen LogP) is 1.19. The zero-order chi connectivity index (χ0) is 8.29. The van der Waals surface area contributed by atoms with E-state index in [0.29, 0.717) is 17.5 Å². The van der Waals surface area contributed by atoms with Gasteiger partial charge in [-0.3, -0.25) is 9.59 Å². The highest BCUT2D eigenvalue weighted by Gasteiger charge is 2.58. The minimum atomic E-state index is 0.148. The van der Waals surface area contributed by atoms with Crippen molar-refractivity contribution in [3.63, 3.8) is 0 Å². The maximum atomic E-state index is 11.6. The molecule has 0 spiro atoms. The lowest BCUT2D eigenvalue weighted by atomic mass is 9.81. The molecular formula is C10H12O2. The zero-order valence-corrected chi connectivity index (χ0v) is 6.95. The predicted molar refractivity (Wildman–Crippen MR) is 42.4 cm³/mol. The second kappa shape index (κ2) is 1.98. The van der Waals surface area contributed by atoms with Crippen molar-refractivity contribution in [2.75, 3.05) is 0 Å². The number of Topliss-reactive ketones (excluding diaryl/α,β-unsaturated/α-hetero) is 2. The Balaban J connectivity index is 2.03. The molecule has 2 heteroatoms. The SMILES string of the molecule is O=C1C2CCC1C1C(=O)CCC21. The van der Waals surface area contributed by atoms with Gasteiger partial charge in [-0.25, -0.2) is 0 Å². The Morgan fingerprint density at radius 3 is 2.50 bits per heavy atom. The van der Waals surface area contributed by atoms with Crippen LogP contribution in [-0.2, 0) is 9.59 Å². The molecule has 0 amide bonds. The van der Waals surface area contributed by atoms with Gasteiger partial charge in [0.15, 0.2) is 0 Å². The number of hydrogen-bond donors (Lipinski definition) is 0. The highest BCUT2D eigenvalue weighted by Crippen LogP contribution is 2.55. The minimum absolute atomic E-state index is 0.148. The van der Waals surface area contributed by atoms with Gasteiger partial charge in [-0.15, -0.1) is 0 Å². The van der Waals surface area contributed by atoms with Crippen molar-refractivity contribution < 1.29 is 9.59 Å². The molecular weight excluding hydrogens is 152 g/mol. The second-order valence-electron chi connectivity index (χ2n) is 4.39. The average Bonchev–Trinajstić information content (AvgIpc) is 2.66. The largest absolute Gasteiger partial charge is 0.299 e. The molecule has 0 aliphatic heterocycles. The van der Waals surface area contributed by atoms with Crippen molar-refractivity contribution in [2.24, 2.45) is 23.7 Å². The number of ketones is 2. The summed E-state index contributed by atoms with van der Waals surface area (Å²) in [5.41, 5.74) is 0. The third-order valence-electron chi connectivity index (χ3n) is 4.03. The smallest absolute Gasteiger partial charge is 0.140 e. The van der Waals surface area contributed by atoms with Crippen LogP contribution in [-0.4, -0.2) is 11.6 Å². The third-order valence-corrected chi connectivity index (χ3v) is 4.03. The summed E-state index contributed by atoms with van der Waals surface area (Å²) >= 11 is 0. The van der Waals surface area contributed by atoms with Crippen LogP contribution >= 0.6 is 0 Å². The van der Waals surface area contributed by atoms with E-state index in [1.807, 2.05) is 0 Å². The van der Waals surface area contributed by atoms with Crippen LogP contribution in [0.25, 0.3) is 0 Å². The van der Waals surface area contributed by atoms with Crippen molar-refractivity contribution in [1.29, 1.82) is 0 Å². The summed E-state index contributed by atoms with van der Waals surface area (Å²) in [6.07, 6.45) is 3.81. The molecule has 0 saturated heterocycles. The summed E-state index contributed by atoms with van der Waals surface area (Å²) in [7, 11) is 0. The topological polar surface area (TPSA) is 34.1 Å². The summed E-state index contributed by atoms with van der Waals surface area (Å²) in [5, 5.41) is 0. The van der Waals surface area contributed by atoms with Crippen LogP contribution in [0, 0.1) is 23.7 Å². The quantitative estimate of drug-likeness (QED) is 0.539. The van der Waals surface area contributed by atoms with Gasteiger partial charge >= 0.3 is 0 Å². The Hall–Kier alpha value is -0.660. The van der Waals surface area contributed by atoms with E-state index in [9.17, 15) is 9.59 Å². The van der Waals surface area contributed by atoms with Crippen molar-refractivity contribution in [3.05, 3.63) is 0 Å². The molecule has 64 valence electrons. The third kappa shape index (κ3) is 0.584. The van der Waals surface area contributed by atoms with Gasteiger partial charge in [0, 0.05) is 24.2 Å². The molecule has 0 aromatic carbocycles. The zero-order valence-electron chi connectivity index (χ0n) is 6.95. The molecule has 0 N–H and O–H groups in total. The number of carbonyl (C=O) groups is 2. The van der Waals surface area contributed by atoms with Gasteiger partial charge < -0.3 is 0 Å². The Labute approximate surface area is 71.3 Å². The molecule has 0 aromatic rings. The molecule has 3 saturated carbocycles. The number of fused-ring (bicyclic) bond motifs is 5. The fourth-order valence-corrected chi connectivity index (χ4v) is 3.57. The van der Waals surface area contributed by atoms with Crippen LogP contribution in [0.5, 0.6) is 0 Å². The molecule has 4 unspecified atom stereocenters. The minimum Gasteiger partial charge on any atom is -0.299 e. The summed E-state index contributed by atoms with van der Waals surface area (Å²) < 4.78 is 0. The van der Waals surface area contributed by atoms with Crippen LogP contribution in [0.2, 0.25) is 0 Å². The highest BCUT2D eigenvalue weighted by molar-refractivity contribution is 5.97. The molecule has 0 aromatic heterocycles. The molecule has 2 nitrogen and oxygen atoms in total. The van der Waals surface area contributed by atoms with Crippen molar-refractivity contribution in [2.45, 2.75) is 25.7 Å². The Bertz CT molecular complexity index is 269. The number of carbonyl (C=O) groups excluding carboxylic acids is 2. The van der Waals surface area contributed by atoms with Crippen LogP contribution in [0.4, 0.5) is 0 Å². The van der Waals surface area contributed by atoms with E-state index >= 15 is 0 Å². The molecule has 0 heterocycles. The fourth-order valence-electron chi connectivity index (χ4n) is 3.57. The maximum Gasteiger partial charge on any atom is 0.140 e. The summed E-state index contributed by atoms with van der Waals surface area (Å²) in [6, 6.07) is 0. The van der Waals surface area contributed by atoms with Gasteiger partial charge in [0.25, 0.3) is 0 Å². The van der Waals surface area contributed by atoms with Gasteiger partial charge in [0.2, 0.25) is 0 Å². The lowest BCUT2D eigenvalue weighted by Gasteiger charge is -2.20. The van der Waals surface area contributed by atoms with Gasteiger partial charge in [0.05, 0.1) is 0 Å². The molecule has 0 radical (unpaired) electrons. The summed E-state index contributed by atoms with van der Waals surface area (Å²) in [6.45, 7) is 0. The second-order valence-corrected chi connectivity index (χ2v) is 4.39. The van der Waals surface area contributed by atoms with E-state index in [1.54, 1.807) is 0 Å². The highest BCUT2D eigenvalue weighted by atomic mass is 16.1. The lowest BCUT2D eigenvalue weighted by molar-refractivity contribution is -0.126. The standard InChI is InChI=1S/C10H12O2/c11-8-4-3-5-6-1-2-7(9(5)8)10(6)12/h5-7,9H,1-4H2. The van der Waals surface area contributed by atoms with E-state index in [-0.39, 0.29) is 17.8 Å². The van der Waals surface area contributed by atoms with Gasteiger partial charge in [0.1, 0.15) is 11.6 Å². The van der Waals surface area contributed by atoms with E-state index in [2.05, 4.69) is 0 Å². The molecule has 3 rings (SSSR count). The van der Waals surface area contributed by atoms with E-state index < -0.39 is 0 Å². The summed E-state index contributed by atoms with van der Waals surface area (Å²) in [5.74, 6) is 1.85. The van der Waals surface area contributed by atoms with Crippen LogP contribution < -0.4 is 0 Å². The first-order valence-electron chi connectivity index (χ1n) is 4.85. The van der Waals surface area contributed by atoms with E-state index in [4.69, 9.17) is 0 Å². The first kappa shape index (κ1) is 6.81. The van der Waals surface area contributed by atoms with Crippen molar-refractivity contribution in [3.8, 4) is 0 Å². The van der Waals surface area contributed by atoms with E-state index in [1.165, 1.54) is 0 Å². The monoisotopic (exact) mass is 164 g/mol. The van der Waals surface area contributed by atoms with Gasteiger partial charge in [-0.05, 0) is 25.2 Å². The first-order chi connectivity index (χ1) is 5.79. The molecule has 3 aliphatic carbocycles. The Kier molecular flexibility index (Phi) is 1.12. The Morgan fingerprint density at radius 1 is 1.00 bits per heavy atom. The van der Waals surface area contributed by atoms with Crippen LogP contribution in [0.3, 0.4) is 0 Å². The molecule has 12 heavy (non-hydrogen) atoms. The van der Waals surface area contributed by atoms with Crippen LogP contribution in [0.15, 0.2) is 0 Å². The van der Waals surface area contributed by atoms with Crippen molar-refractivity contribution >= 4 is 11.6 Å². The lowest BCUT2D eigenvalue weighted by Crippen LogP contribution is -2.21. The normalized spacial score (nSPS) is 50.3. The first-order valence-corrected chi connectivity index (χ1v) is 4.85. The van der Waals surface area contributed by atoms with Gasteiger partial charge in [-0.1, -0.05) is 0 Å².